The van der Waals surface area contributed by atoms with E-state index in [9.17, 15) is 18.8 Å². The lowest BCUT2D eigenvalue weighted by atomic mass is 10.1. The van der Waals surface area contributed by atoms with Gasteiger partial charge in [-0.1, -0.05) is 6.07 Å². The van der Waals surface area contributed by atoms with Crippen molar-refractivity contribution < 1.29 is 23.0 Å². The third kappa shape index (κ3) is 5.98. The Bertz CT molecular complexity index is 2220. The Balaban J connectivity index is 1.24. The fourth-order valence-electron chi connectivity index (χ4n) is 4.75. The number of benzene rings is 2. The summed E-state index contributed by atoms with van der Waals surface area (Å²) in [4.78, 5) is 43.5. The number of halogens is 2. The molecule has 11 nitrogen and oxygen atoms in total. The Morgan fingerprint density at radius 1 is 0.913 bits per heavy atom. The fourth-order valence-corrected chi connectivity index (χ4v) is 4.75. The lowest BCUT2D eigenvalue weighted by Gasteiger charge is -2.16. The molecule has 0 aliphatic rings. The Morgan fingerprint density at radius 3 is 2.41 bits per heavy atom. The topological polar surface area (TPSA) is 122 Å². The van der Waals surface area contributed by atoms with Crippen LogP contribution in [0, 0.1) is 18.6 Å². The largest absolute Gasteiger partial charge is 0.452 e. The standard InChI is InChI=1S/C33H26F2N6O5/c1-19(2)39-18-30(31(42)41(33(39)44)24-10-7-22(34)8-11-24)46-32(43)38-23-9-12-28(25(35)16-23)45-29-15-21(17-40-27(29)13-14-36-40)26-6-4-5-20(3)37-26/h4-19H,1-3H3,(H,38,43). The second-order valence-electron chi connectivity index (χ2n) is 10.6. The highest BCUT2D eigenvalue weighted by Gasteiger charge is 2.19. The van der Waals surface area contributed by atoms with Crippen LogP contribution in [0.3, 0.4) is 0 Å². The van der Waals surface area contributed by atoms with Crippen LogP contribution in [-0.4, -0.2) is 29.8 Å². The molecule has 0 saturated heterocycles. The molecule has 232 valence electrons. The molecule has 0 bridgehead atoms. The molecule has 0 aliphatic carbocycles. The highest BCUT2D eigenvalue weighted by atomic mass is 19.1. The quantitative estimate of drug-likeness (QED) is 0.222. The second-order valence-corrected chi connectivity index (χ2v) is 10.6. The predicted molar refractivity (Wildman–Crippen MR) is 166 cm³/mol. The smallest absolute Gasteiger partial charge is 0.417 e. The van der Waals surface area contributed by atoms with Gasteiger partial charge in [0.1, 0.15) is 11.3 Å². The highest BCUT2D eigenvalue weighted by Crippen LogP contribution is 2.33. The number of fused-ring (bicyclic) bond motifs is 1. The third-order valence-electron chi connectivity index (χ3n) is 6.98. The molecule has 0 atom stereocenters. The van der Waals surface area contributed by atoms with Crippen LogP contribution in [0.2, 0.25) is 0 Å². The van der Waals surface area contributed by atoms with Gasteiger partial charge in [0, 0.05) is 35.2 Å². The number of aromatic nitrogens is 5. The minimum absolute atomic E-state index is 0.0121. The molecule has 1 N–H and O–H groups in total. The molecule has 0 aliphatic heterocycles. The van der Waals surface area contributed by atoms with Gasteiger partial charge in [0.2, 0.25) is 5.75 Å². The number of pyridine rings is 2. The van der Waals surface area contributed by atoms with Gasteiger partial charge < -0.3 is 9.47 Å². The molecule has 6 aromatic rings. The van der Waals surface area contributed by atoms with Gasteiger partial charge in [-0.3, -0.25) is 19.7 Å². The van der Waals surface area contributed by atoms with Crippen molar-refractivity contribution >= 4 is 17.3 Å². The number of nitrogens with zero attached hydrogens (tertiary/aromatic N) is 5. The molecule has 4 heterocycles. The van der Waals surface area contributed by atoms with Crippen LogP contribution in [0.4, 0.5) is 19.3 Å². The van der Waals surface area contributed by atoms with E-state index in [2.05, 4.69) is 15.4 Å². The monoisotopic (exact) mass is 624 g/mol. The molecule has 0 saturated carbocycles. The normalized spacial score (nSPS) is 11.2. The summed E-state index contributed by atoms with van der Waals surface area (Å²) in [6.45, 7) is 5.28. The average Bonchev–Trinajstić information content (AvgIpc) is 3.50. The van der Waals surface area contributed by atoms with E-state index in [4.69, 9.17) is 9.47 Å². The molecular weight excluding hydrogens is 598 g/mol. The van der Waals surface area contributed by atoms with Gasteiger partial charge in [-0.2, -0.15) is 5.10 Å². The van der Waals surface area contributed by atoms with Crippen LogP contribution in [0.5, 0.6) is 17.2 Å². The number of rotatable bonds is 7. The molecular formula is C33H26F2N6O5. The number of hydrogen-bond acceptors (Lipinski definition) is 7. The molecule has 6 rings (SSSR count). The van der Waals surface area contributed by atoms with E-state index >= 15 is 4.39 Å². The van der Waals surface area contributed by atoms with Crippen LogP contribution in [0.1, 0.15) is 25.6 Å². The second kappa shape index (κ2) is 12.1. The zero-order chi connectivity index (χ0) is 32.5. The first-order valence-corrected chi connectivity index (χ1v) is 14.1. The van der Waals surface area contributed by atoms with Crippen molar-refractivity contribution in [1.29, 1.82) is 0 Å². The van der Waals surface area contributed by atoms with Crippen molar-refractivity contribution in [2.24, 2.45) is 0 Å². The van der Waals surface area contributed by atoms with Crippen LogP contribution in [0.25, 0.3) is 22.5 Å². The van der Waals surface area contributed by atoms with E-state index in [-0.39, 0.29) is 17.1 Å². The van der Waals surface area contributed by atoms with Gasteiger partial charge in [-0.15, -0.1) is 0 Å². The number of carbonyl (C=O) groups is 1. The first-order chi connectivity index (χ1) is 22.1. The Hall–Kier alpha value is -6.11. The molecule has 0 radical (unpaired) electrons. The number of anilines is 1. The summed E-state index contributed by atoms with van der Waals surface area (Å²) in [5.41, 5.74) is 1.27. The zero-order valence-electron chi connectivity index (χ0n) is 24.8. The summed E-state index contributed by atoms with van der Waals surface area (Å²) < 4.78 is 43.5. The van der Waals surface area contributed by atoms with Crippen LogP contribution < -0.4 is 26.0 Å². The summed E-state index contributed by atoms with van der Waals surface area (Å²) in [6.07, 6.45) is 3.39. The summed E-state index contributed by atoms with van der Waals surface area (Å²) in [7, 11) is 0. The molecule has 2 aromatic carbocycles. The number of ether oxygens (including phenoxy) is 2. The molecule has 46 heavy (non-hydrogen) atoms. The van der Waals surface area contributed by atoms with Crippen molar-refractivity contribution in [2.75, 3.05) is 5.32 Å². The maximum atomic E-state index is 15.3. The van der Waals surface area contributed by atoms with Crippen molar-refractivity contribution in [1.82, 2.24) is 23.7 Å². The van der Waals surface area contributed by atoms with Gasteiger partial charge in [-0.05, 0) is 81.4 Å². The minimum Gasteiger partial charge on any atom is -0.452 e. The van der Waals surface area contributed by atoms with Gasteiger partial charge >= 0.3 is 17.3 Å². The third-order valence-corrected chi connectivity index (χ3v) is 6.98. The number of aryl methyl sites for hydroxylation is 1. The summed E-state index contributed by atoms with van der Waals surface area (Å²) in [6, 6.07) is 17.1. The summed E-state index contributed by atoms with van der Waals surface area (Å²) >= 11 is 0. The Morgan fingerprint density at radius 2 is 1.70 bits per heavy atom. The molecule has 0 spiro atoms. The lowest BCUT2D eigenvalue weighted by Crippen LogP contribution is -2.40. The fraction of sp³-hybridized carbons (Fsp3) is 0.121. The molecule has 4 aromatic heterocycles. The van der Waals surface area contributed by atoms with Gasteiger partial charge in [0.05, 0.1) is 23.8 Å². The lowest BCUT2D eigenvalue weighted by molar-refractivity contribution is 0.213. The maximum Gasteiger partial charge on any atom is 0.417 e. The number of amides is 1. The molecule has 0 unspecified atom stereocenters. The van der Waals surface area contributed by atoms with Crippen molar-refractivity contribution in [3.63, 3.8) is 0 Å². The van der Waals surface area contributed by atoms with E-state index in [1.807, 2.05) is 25.1 Å². The maximum absolute atomic E-state index is 15.3. The highest BCUT2D eigenvalue weighted by molar-refractivity contribution is 5.86. The summed E-state index contributed by atoms with van der Waals surface area (Å²) in [5.74, 6) is -1.61. The minimum atomic E-state index is -1.11. The van der Waals surface area contributed by atoms with E-state index in [0.29, 0.717) is 22.5 Å². The van der Waals surface area contributed by atoms with Crippen molar-refractivity contribution in [3.05, 3.63) is 130 Å². The Labute approximate surface area is 259 Å². The molecule has 13 heteroatoms. The average molecular weight is 625 g/mol. The van der Waals surface area contributed by atoms with E-state index < -0.39 is 40.8 Å². The van der Waals surface area contributed by atoms with E-state index in [0.717, 1.165) is 34.7 Å². The van der Waals surface area contributed by atoms with Crippen molar-refractivity contribution in [3.8, 4) is 34.2 Å². The first kappa shape index (κ1) is 29.9. The van der Waals surface area contributed by atoms with E-state index in [1.165, 1.54) is 28.8 Å². The van der Waals surface area contributed by atoms with Crippen molar-refractivity contribution in [2.45, 2.75) is 26.8 Å². The number of hydrogen-bond donors (Lipinski definition) is 1. The van der Waals surface area contributed by atoms with Crippen LogP contribution in [-0.2, 0) is 0 Å². The first-order valence-electron chi connectivity index (χ1n) is 14.1. The SMILES string of the molecule is Cc1cccc(-c2cc(Oc3ccc(NC(=O)Oc4cn(C(C)C)c(=O)n(-c5ccc(F)cc5)c4=O)cc3F)c3ccnn3c2)n1. The molecule has 0 fully saturated rings. The van der Waals surface area contributed by atoms with Crippen LogP contribution in [0.15, 0.2) is 101 Å². The number of carbonyl (C=O) groups excluding carboxylic acids is 1. The van der Waals surface area contributed by atoms with Gasteiger partial charge in [0.25, 0.3) is 0 Å². The molecule has 1 amide bonds. The van der Waals surface area contributed by atoms with Gasteiger partial charge in [-0.25, -0.2) is 27.5 Å². The zero-order valence-corrected chi connectivity index (χ0v) is 24.8. The van der Waals surface area contributed by atoms with Gasteiger partial charge in [0.15, 0.2) is 17.3 Å². The predicted octanol–water partition coefficient (Wildman–Crippen LogP) is 6.28. The van der Waals surface area contributed by atoms with Crippen LogP contribution >= 0.6 is 0 Å². The number of nitrogens with one attached hydrogen (secondary N) is 1. The summed E-state index contributed by atoms with van der Waals surface area (Å²) in [5, 5.41) is 6.66. The van der Waals surface area contributed by atoms with E-state index in [1.54, 1.807) is 42.9 Å². The Kier molecular flexibility index (Phi) is 7.88.